The van der Waals surface area contributed by atoms with Crippen LogP contribution in [0.5, 0.6) is 0 Å². The average molecular weight is 132 g/mol. The van der Waals surface area contributed by atoms with E-state index in [9.17, 15) is 9.59 Å². The van der Waals surface area contributed by atoms with Crippen LogP contribution in [0.15, 0.2) is 0 Å². The fourth-order valence-electron chi connectivity index (χ4n) is 0.275. The first-order chi connectivity index (χ1) is 4.09. The van der Waals surface area contributed by atoms with Crippen molar-refractivity contribution in [3.05, 3.63) is 0 Å². The third-order valence-corrected chi connectivity index (χ3v) is 1.01. The molecule has 4 heteroatoms. The number of carboxylic acids is 1. The van der Waals surface area contributed by atoms with Crippen LogP contribution in [-0.2, 0) is 9.59 Å². The molecule has 0 fully saturated rings. The highest BCUT2D eigenvalue weighted by atomic mass is 16.4. The minimum atomic E-state index is -1.20. The van der Waals surface area contributed by atoms with Gasteiger partial charge < -0.3 is 10.2 Å². The SMILES string of the molecule is CC(C(=O)O)C(=O)CO. The van der Waals surface area contributed by atoms with Crippen molar-refractivity contribution >= 4 is 11.8 Å². The van der Waals surface area contributed by atoms with Gasteiger partial charge in [0.05, 0.1) is 0 Å². The van der Waals surface area contributed by atoms with Gasteiger partial charge >= 0.3 is 5.97 Å². The second-order valence-electron chi connectivity index (χ2n) is 1.68. The summed E-state index contributed by atoms with van der Waals surface area (Å²) >= 11 is 0. The molecule has 2 N–H and O–H groups in total. The largest absolute Gasteiger partial charge is 0.481 e. The van der Waals surface area contributed by atoms with Gasteiger partial charge in [0.1, 0.15) is 12.5 Å². The number of hydrogen-bond donors (Lipinski definition) is 2. The first kappa shape index (κ1) is 8.10. The molecule has 0 aliphatic heterocycles. The maximum atomic E-state index is 10.3. The molecule has 0 aliphatic carbocycles. The molecule has 52 valence electrons. The maximum Gasteiger partial charge on any atom is 0.313 e. The molecule has 0 saturated heterocycles. The quantitative estimate of drug-likeness (QED) is 0.496. The van der Waals surface area contributed by atoms with E-state index in [0.717, 1.165) is 0 Å². The topological polar surface area (TPSA) is 74.6 Å². The standard InChI is InChI=1S/C5H8O4/c1-3(5(8)9)4(7)2-6/h3,6H,2H2,1H3,(H,8,9). The van der Waals surface area contributed by atoms with E-state index in [4.69, 9.17) is 10.2 Å². The summed E-state index contributed by atoms with van der Waals surface area (Å²) in [6, 6.07) is 0. The molecule has 9 heavy (non-hydrogen) atoms. The maximum absolute atomic E-state index is 10.3. The summed E-state index contributed by atoms with van der Waals surface area (Å²) in [5.41, 5.74) is 0. The molecule has 4 nitrogen and oxygen atoms in total. The lowest BCUT2D eigenvalue weighted by Crippen LogP contribution is -2.22. The lowest BCUT2D eigenvalue weighted by molar-refractivity contribution is -0.146. The van der Waals surface area contributed by atoms with Crippen LogP contribution in [0.2, 0.25) is 0 Å². The Morgan fingerprint density at radius 2 is 2.00 bits per heavy atom. The summed E-state index contributed by atoms with van der Waals surface area (Å²) in [5.74, 6) is -2.95. The van der Waals surface area contributed by atoms with Gasteiger partial charge in [0.25, 0.3) is 0 Å². The number of carbonyl (C=O) groups excluding carboxylic acids is 1. The lowest BCUT2D eigenvalue weighted by atomic mass is 10.1. The highest BCUT2D eigenvalue weighted by Crippen LogP contribution is 1.94. The van der Waals surface area contributed by atoms with E-state index in [-0.39, 0.29) is 0 Å². The molecule has 0 spiro atoms. The highest BCUT2D eigenvalue weighted by molar-refractivity contribution is 5.98. The van der Waals surface area contributed by atoms with Crippen molar-refractivity contribution < 1.29 is 19.8 Å². The van der Waals surface area contributed by atoms with Crippen molar-refractivity contribution in [2.45, 2.75) is 6.92 Å². The first-order valence-electron chi connectivity index (χ1n) is 2.46. The molecule has 0 radical (unpaired) electrons. The van der Waals surface area contributed by atoms with Gasteiger partial charge in [-0.05, 0) is 6.92 Å². The summed E-state index contributed by atoms with van der Waals surface area (Å²) in [4.78, 5) is 20.3. The van der Waals surface area contributed by atoms with Gasteiger partial charge in [-0.15, -0.1) is 0 Å². The Morgan fingerprint density at radius 1 is 1.56 bits per heavy atom. The number of hydrogen-bond acceptors (Lipinski definition) is 3. The Labute approximate surface area is 52.1 Å². The van der Waals surface area contributed by atoms with E-state index in [1.54, 1.807) is 0 Å². The molecular formula is C5H8O4. The van der Waals surface area contributed by atoms with Gasteiger partial charge in [0.2, 0.25) is 0 Å². The molecule has 0 saturated carbocycles. The summed E-state index contributed by atoms with van der Waals surface area (Å²) in [6.45, 7) is 0.536. The highest BCUT2D eigenvalue weighted by Gasteiger charge is 2.18. The summed E-state index contributed by atoms with van der Waals surface area (Å²) < 4.78 is 0. The molecule has 0 aliphatic rings. The first-order valence-corrected chi connectivity index (χ1v) is 2.46. The molecule has 0 rings (SSSR count). The molecule has 1 atom stereocenters. The number of Topliss-reactive ketones (excluding diaryl/α,β-unsaturated/α-hetero) is 1. The van der Waals surface area contributed by atoms with Crippen molar-refractivity contribution in [2.75, 3.05) is 6.61 Å². The number of aliphatic hydroxyl groups is 1. The van der Waals surface area contributed by atoms with Crippen molar-refractivity contribution in [2.24, 2.45) is 5.92 Å². The molecule has 0 aromatic rings. The molecule has 0 aromatic carbocycles. The molecule has 0 aromatic heterocycles. The number of ketones is 1. The number of aliphatic hydroxyl groups excluding tert-OH is 1. The van der Waals surface area contributed by atoms with Crippen LogP contribution in [-0.4, -0.2) is 28.6 Å². The van der Waals surface area contributed by atoms with Crippen LogP contribution in [0.4, 0.5) is 0 Å². The van der Waals surface area contributed by atoms with Crippen LogP contribution >= 0.6 is 0 Å². The third-order valence-electron chi connectivity index (χ3n) is 1.01. The zero-order valence-corrected chi connectivity index (χ0v) is 5.00. The Morgan fingerprint density at radius 3 is 2.11 bits per heavy atom. The smallest absolute Gasteiger partial charge is 0.313 e. The normalized spacial score (nSPS) is 12.7. The van der Waals surface area contributed by atoms with E-state index in [0.29, 0.717) is 0 Å². The van der Waals surface area contributed by atoms with Crippen LogP contribution in [0.3, 0.4) is 0 Å². The second-order valence-corrected chi connectivity index (χ2v) is 1.68. The lowest BCUT2D eigenvalue weighted by Gasteiger charge is -1.99. The van der Waals surface area contributed by atoms with Gasteiger partial charge in [0.15, 0.2) is 5.78 Å². The van der Waals surface area contributed by atoms with Gasteiger partial charge in [-0.25, -0.2) is 0 Å². The van der Waals surface area contributed by atoms with Crippen LogP contribution < -0.4 is 0 Å². The number of aliphatic carboxylic acids is 1. The van der Waals surface area contributed by atoms with Crippen molar-refractivity contribution in [1.82, 2.24) is 0 Å². The predicted octanol–water partition coefficient (Wildman–Crippen LogP) is -0.732. The van der Waals surface area contributed by atoms with E-state index in [1.807, 2.05) is 0 Å². The molecule has 1 unspecified atom stereocenters. The zero-order chi connectivity index (χ0) is 7.44. The minimum absolute atomic E-state index is 0.664. The van der Waals surface area contributed by atoms with Crippen molar-refractivity contribution in [3.8, 4) is 0 Å². The van der Waals surface area contributed by atoms with E-state index in [2.05, 4.69) is 0 Å². The predicted molar refractivity (Wildman–Crippen MR) is 28.9 cm³/mol. The van der Waals surface area contributed by atoms with Gasteiger partial charge in [0, 0.05) is 0 Å². The monoisotopic (exact) mass is 132 g/mol. The molecule has 0 bridgehead atoms. The number of carboxylic acid groups (broad SMARTS) is 1. The fourth-order valence-corrected chi connectivity index (χ4v) is 0.275. The van der Waals surface area contributed by atoms with E-state index in [1.165, 1.54) is 6.92 Å². The Balaban J connectivity index is 3.88. The Hall–Kier alpha value is -0.900. The molecular weight excluding hydrogens is 124 g/mol. The van der Waals surface area contributed by atoms with Crippen molar-refractivity contribution in [1.29, 1.82) is 0 Å². The Bertz CT molecular complexity index is 129. The minimum Gasteiger partial charge on any atom is -0.481 e. The second kappa shape index (κ2) is 3.19. The van der Waals surface area contributed by atoms with Gasteiger partial charge in [-0.3, -0.25) is 9.59 Å². The van der Waals surface area contributed by atoms with Crippen LogP contribution in [0, 0.1) is 5.92 Å². The number of carbonyl (C=O) groups is 2. The average Bonchev–Trinajstić information content (AvgIpc) is 1.84. The van der Waals surface area contributed by atoms with Gasteiger partial charge in [-0.1, -0.05) is 0 Å². The van der Waals surface area contributed by atoms with E-state index < -0.39 is 24.3 Å². The molecule has 0 heterocycles. The third kappa shape index (κ3) is 2.23. The number of rotatable bonds is 3. The summed E-state index contributed by atoms with van der Waals surface area (Å²) in [7, 11) is 0. The summed E-state index contributed by atoms with van der Waals surface area (Å²) in [5, 5.41) is 16.3. The summed E-state index contributed by atoms with van der Waals surface area (Å²) in [6.07, 6.45) is 0. The Kier molecular flexibility index (Phi) is 2.87. The molecule has 0 amide bonds. The van der Waals surface area contributed by atoms with Crippen LogP contribution in [0.1, 0.15) is 6.92 Å². The van der Waals surface area contributed by atoms with Gasteiger partial charge in [-0.2, -0.15) is 0 Å². The fraction of sp³-hybridized carbons (Fsp3) is 0.600. The van der Waals surface area contributed by atoms with Crippen molar-refractivity contribution in [3.63, 3.8) is 0 Å². The van der Waals surface area contributed by atoms with Crippen LogP contribution in [0.25, 0.3) is 0 Å². The van der Waals surface area contributed by atoms with E-state index >= 15 is 0 Å². The zero-order valence-electron chi connectivity index (χ0n) is 5.00.